The van der Waals surface area contributed by atoms with Crippen molar-refractivity contribution in [2.75, 3.05) is 11.8 Å². The molecule has 0 aromatic heterocycles. The summed E-state index contributed by atoms with van der Waals surface area (Å²) >= 11 is 0. The number of carbonyl (C=O) groups is 1. The van der Waals surface area contributed by atoms with E-state index in [4.69, 9.17) is 9.84 Å². The van der Waals surface area contributed by atoms with Gasteiger partial charge >= 0.3 is 5.97 Å². The fourth-order valence-corrected chi connectivity index (χ4v) is 3.03. The molecule has 0 aliphatic carbocycles. The molecular weight excluding hydrogens is 313 g/mol. The third-order valence-corrected chi connectivity index (χ3v) is 4.20. The van der Waals surface area contributed by atoms with Gasteiger partial charge in [-0.2, -0.15) is 0 Å². The number of halogens is 1. The van der Waals surface area contributed by atoms with E-state index in [1.54, 1.807) is 0 Å². The van der Waals surface area contributed by atoms with Crippen molar-refractivity contribution in [1.29, 1.82) is 0 Å². The maximum atomic E-state index is 13.6. The number of nitrogens with one attached hydrogen (secondary N) is 1. The summed E-state index contributed by atoms with van der Waals surface area (Å²) in [4.78, 5) is 10.6. The molecule has 0 unspecified atom stereocenters. The molecule has 0 aliphatic rings. The van der Waals surface area contributed by atoms with Crippen molar-refractivity contribution in [1.82, 2.24) is 0 Å². The van der Waals surface area contributed by atoms with Crippen LogP contribution in [0.5, 0.6) is 5.75 Å². The van der Waals surface area contributed by atoms with Gasteiger partial charge in [-0.05, 0) is 30.3 Å². The number of carboxylic acids is 1. The molecule has 0 saturated carbocycles. The highest BCUT2D eigenvalue weighted by Gasteiger charge is 2.22. The van der Waals surface area contributed by atoms with Crippen molar-refractivity contribution in [3.05, 3.63) is 53.8 Å². The molecular formula is C14H12FNO5S. The van der Waals surface area contributed by atoms with Crippen molar-refractivity contribution in [3.8, 4) is 5.75 Å². The van der Waals surface area contributed by atoms with E-state index in [2.05, 4.69) is 4.72 Å². The Morgan fingerprint density at radius 1 is 1.23 bits per heavy atom. The minimum absolute atomic E-state index is 0.0474. The lowest BCUT2D eigenvalue weighted by atomic mass is 10.2. The van der Waals surface area contributed by atoms with Crippen LogP contribution in [0, 0.1) is 5.82 Å². The number of ether oxygens (including phenoxy) is 1. The maximum Gasteiger partial charge on any atom is 0.335 e. The Balaban J connectivity index is 2.51. The standard InChI is InChI=1S/C14H12FNO5S/c1-21-12-7-6-9(14(17)18)8-13(12)22(19,20)16-11-5-3-2-4-10(11)15/h2-8,16H,1H3,(H,17,18). The molecule has 2 aromatic rings. The Labute approximate surface area is 126 Å². The van der Waals surface area contributed by atoms with E-state index < -0.39 is 26.7 Å². The summed E-state index contributed by atoms with van der Waals surface area (Å²) in [6.07, 6.45) is 0. The first-order chi connectivity index (χ1) is 10.3. The first-order valence-corrected chi connectivity index (χ1v) is 7.52. The Morgan fingerprint density at radius 3 is 2.50 bits per heavy atom. The number of methoxy groups -OCH3 is 1. The monoisotopic (exact) mass is 325 g/mol. The van der Waals surface area contributed by atoms with E-state index in [0.717, 1.165) is 12.1 Å². The summed E-state index contributed by atoms with van der Waals surface area (Å²) in [6, 6.07) is 8.61. The summed E-state index contributed by atoms with van der Waals surface area (Å²) in [7, 11) is -2.97. The van der Waals surface area contributed by atoms with Crippen LogP contribution in [-0.2, 0) is 10.0 Å². The van der Waals surface area contributed by atoms with Gasteiger partial charge in [0.05, 0.1) is 18.4 Å². The fraction of sp³-hybridized carbons (Fsp3) is 0.0714. The number of hydrogen-bond acceptors (Lipinski definition) is 4. The molecule has 0 bridgehead atoms. The van der Waals surface area contributed by atoms with E-state index in [-0.39, 0.29) is 17.0 Å². The molecule has 2 N–H and O–H groups in total. The van der Waals surface area contributed by atoms with E-state index in [9.17, 15) is 17.6 Å². The molecule has 0 spiro atoms. The minimum Gasteiger partial charge on any atom is -0.495 e. The van der Waals surface area contributed by atoms with Crippen LogP contribution in [0.1, 0.15) is 10.4 Å². The topological polar surface area (TPSA) is 92.7 Å². The Hall–Kier alpha value is -2.61. The van der Waals surface area contributed by atoms with Crippen LogP contribution in [0.25, 0.3) is 0 Å². The van der Waals surface area contributed by atoms with E-state index in [0.29, 0.717) is 0 Å². The lowest BCUT2D eigenvalue weighted by molar-refractivity contribution is 0.0696. The fourth-order valence-electron chi connectivity index (χ4n) is 1.76. The number of carboxylic acid groups (broad SMARTS) is 1. The highest BCUT2D eigenvalue weighted by molar-refractivity contribution is 7.92. The summed E-state index contributed by atoms with van der Waals surface area (Å²) in [5, 5.41) is 8.96. The SMILES string of the molecule is COc1ccc(C(=O)O)cc1S(=O)(=O)Nc1ccccc1F. The van der Waals surface area contributed by atoms with Crippen molar-refractivity contribution in [2.24, 2.45) is 0 Å². The molecule has 116 valence electrons. The van der Waals surface area contributed by atoms with Crippen molar-refractivity contribution in [3.63, 3.8) is 0 Å². The zero-order valence-electron chi connectivity index (χ0n) is 11.4. The number of aromatic carboxylic acids is 1. The molecule has 0 fully saturated rings. The van der Waals surface area contributed by atoms with Gasteiger partial charge in [-0.3, -0.25) is 4.72 Å². The number of anilines is 1. The summed E-state index contributed by atoms with van der Waals surface area (Å²) in [5.74, 6) is -2.08. The van der Waals surface area contributed by atoms with Crippen LogP contribution in [0.2, 0.25) is 0 Å². The van der Waals surface area contributed by atoms with Gasteiger partial charge < -0.3 is 9.84 Å². The zero-order valence-corrected chi connectivity index (χ0v) is 12.2. The van der Waals surface area contributed by atoms with Gasteiger partial charge in [0, 0.05) is 0 Å². The Bertz CT molecular complexity index is 820. The molecule has 2 aromatic carbocycles. The van der Waals surface area contributed by atoms with Crippen LogP contribution >= 0.6 is 0 Å². The third-order valence-electron chi connectivity index (χ3n) is 2.82. The largest absolute Gasteiger partial charge is 0.495 e. The second kappa shape index (κ2) is 6.02. The van der Waals surface area contributed by atoms with Crippen LogP contribution in [-0.4, -0.2) is 26.6 Å². The van der Waals surface area contributed by atoms with Crippen molar-refractivity contribution >= 4 is 21.7 Å². The highest BCUT2D eigenvalue weighted by Crippen LogP contribution is 2.27. The molecule has 8 heteroatoms. The molecule has 0 aliphatic heterocycles. The van der Waals surface area contributed by atoms with Gasteiger partial charge in [0.2, 0.25) is 0 Å². The van der Waals surface area contributed by atoms with Gasteiger partial charge in [0.1, 0.15) is 16.5 Å². The number of hydrogen-bond donors (Lipinski definition) is 2. The van der Waals surface area contributed by atoms with Gasteiger partial charge in [-0.1, -0.05) is 12.1 Å². The predicted octanol–water partition coefficient (Wildman–Crippen LogP) is 2.33. The van der Waals surface area contributed by atoms with Crippen LogP contribution in [0.3, 0.4) is 0 Å². The predicted molar refractivity (Wildman–Crippen MR) is 77.2 cm³/mol. The number of benzene rings is 2. The molecule has 6 nitrogen and oxygen atoms in total. The van der Waals surface area contributed by atoms with Crippen LogP contribution in [0.15, 0.2) is 47.4 Å². The third kappa shape index (κ3) is 3.17. The lowest BCUT2D eigenvalue weighted by Gasteiger charge is -2.12. The van der Waals surface area contributed by atoms with E-state index >= 15 is 0 Å². The zero-order chi connectivity index (χ0) is 16.3. The first kappa shape index (κ1) is 15.8. The average Bonchev–Trinajstić information content (AvgIpc) is 2.48. The van der Waals surface area contributed by atoms with Gasteiger partial charge in [0.25, 0.3) is 10.0 Å². The summed E-state index contributed by atoms with van der Waals surface area (Å²) in [5.41, 5.74) is -0.472. The van der Waals surface area contributed by atoms with Crippen LogP contribution in [0.4, 0.5) is 10.1 Å². The smallest absolute Gasteiger partial charge is 0.335 e. The van der Waals surface area contributed by atoms with Gasteiger partial charge in [-0.15, -0.1) is 0 Å². The molecule has 0 radical (unpaired) electrons. The minimum atomic E-state index is -4.21. The number of rotatable bonds is 5. The molecule has 0 saturated heterocycles. The quantitative estimate of drug-likeness (QED) is 0.880. The van der Waals surface area contributed by atoms with Gasteiger partial charge in [-0.25, -0.2) is 17.6 Å². The van der Waals surface area contributed by atoms with Crippen molar-refractivity contribution in [2.45, 2.75) is 4.90 Å². The molecule has 0 amide bonds. The molecule has 22 heavy (non-hydrogen) atoms. The normalized spacial score (nSPS) is 11.0. The van der Waals surface area contributed by atoms with E-state index in [1.807, 2.05) is 0 Å². The van der Waals surface area contributed by atoms with E-state index in [1.165, 1.54) is 37.4 Å². The molecule has 2 rings (SSSR count). The molecule has 0 heterocycles. The van der Waals surface area contributed by atoms with Crippen molar-refractivity contribution < 1.29 is 27.4 Å². The highest BCUT2D eigenvalue weighted by atomic mass is 32.2. The maximum absolute atomic E-state index is 13.6. The van der Waals surface area contributed by atoms with Crippen LogP contribution < -0.4 is 9.46 Å². The molecule has 0 atom stereocenters. The Morgan fingerprint density at radius 2 is 1.91 bits per heavy atom. The first-order valence-electron chi connectivity index (χ1n) is 6.04. The lowest BCUT2D eigenvalue weighted by Crippen LogP contribution is -2.15. The summed E-state index contributed by atoms with van der Waals surface area (Å²) in [6.45, 7) is 0. The number of sulfonamides is 1. The summed E-state index contributed by atoms with van der Waals surface area (Å²) < 4.78 is 45.3. The second-order valence-electron chi connectivity index (χ2n) is 4.26. The van der Waals surface area contributed by atoms with Gasteiger partial charge in [0.15, 0.2) is 0 Å². The Kier molecular flexibility index (Phi) is 4.32. The number of para-hydroxylation sites is 1. The second-order valence-corrected chi connectivity index (χ2v) is 5.91. The average molecular weight is 325 g/mol.